The van der Waals surface area contributed by atoms with Gasteiger partial charge in [-0.05, 0) is 13.3 Å². The molecule has 0 unspecified atom stereocenters. The van der Waals surface area contributed by atoms with Crippen molar-refractivity contribution in [2.45, 2.75) is 12.8 Å². The van der Waals surface area contributed by atoms with Crippen molar-refractivity contribution in [3.8, 4) is 0 Å². The molecule has 0 aliphatic heterocycles. The van der Waals surface area contributed by atoms with E-state index in [2.05, 4.69) is 4.74 Å². The molecule has 0 aliphatic carbocycles. The van der Waals surface area contributed by atoms with Crippen LogP contribution in [0.3, 0.4) is 0 Å². The third-order valence-electron chi connectivity index (χ3n) is 0.576. The SMILES string of the molecule is [CH]CCC(=O)OC. The first kappa shape index (κ1) is 6.47. The van der Waals surface area contributed by atoms with E-state index in [1.54, 1.807) is 0 Å². The lowest BCUT2D eigenvalue weighted by atomic mass is 10.3. The highest BCUT2D eigenvalue weighted by molar-refractivity contribution is 5.69. The van der Waals surface area contributed by atoms with E-state index in [1.807, 2.05) is 0 Å². The minimum Gasteiger partial charge on any atom is -0.469 e. The Hall–Kier alpha value is -0.530. The van der Waals surface area contributed by atoms with Gasteiger partial charge in [-0.25, -0.2) is 0 Å². The van der Waals surface area contributed by atoms with Crippen LogP contribution in [0.15, 0.2) is 0 Å². The van der Waals surface area contributed by atoms with Crippen LogP contribution in [-0.2, 0) is 9.53 Å². The molecule has 0 aromatic heterocycles. The summed E-state index contributed by atoms with van der Waals surface area (Å²) in [5, 5.41) is 0. The Morgan fingerprint density at radius 2 is 2.43 bits per heavy atom. The number of carbonyl (C=O) groups excluding carboxylic acids is 1. The number of hydrogen-bond donors (Lipinski definition) is 0. The first-order valence-electron chi connectivity index (χ1n) is 2.08. The molecule has 0 saturated carbocycles. The van der Waals surface area contributed by atoms with E-state index in [4.69, 9.17) is 6.92 Å². The molecule has 0 bridgehead atoms. The molecule has 40 valence electrons. The van der Waals surface area contributed by atoms with Crippen LogP contribution in [0.2, 0.25) is 0 Å². The molecule has 0 aromatic rings. The highest BCUT2D eigenvalue weighted by Crippen LogP contribution is 1.86. The van der Waals surface area contributed by atoms with E-state index in [0.717, 1.165) is 0 Å². The molecule has 0 rings (SSSR count). The molecule has 0 atom stereocenters. The van der Waals surface area contributed by atoms with E-state index in [9.17, 15) is 4.79 Å². The topological polar surface area (TPSA) is 26.3 Å². The van der Waals surface area contributed by atoms with Crippen LogP contribution in [0.25, 0.3) is 0 Å². The summed E-state index contributed by atoms with van der Waals surface area (Å²) in [4.78, 5) is 10.1. The Bertz CT molecular complexity index is 59.1. The van der Waals surface area contributed by atoms with Crippen molar-refractivity contribution in [2.75, 3.05) is 7.11 Å². The second-order valence-corrected chi connectivity index (χ2v) is 1.11. The zero-order valence-electron chi connectivity index (χ0n) is 4.31. The van der Waals surface area contributed by atoms with E-state index < -0.39 is 0 Å². The van der Waals surface area contributed by atoms with Crippen LogP contribution in [0.4, 0.5) is 0 Å². The summed E-state index contributed by atoms with van der Waals surface area (Å²) in [7, 11) is 1.35. The lowest BCUT2D eigenvalue weighted by molar-refractivity contribution is -0.140. The van der Waals surface area contributed by atoms with Crippen LogP contribution < -0.4 is 0 Å². The quantitative estimate of drug-likeness (QED) is 0.476. The summed E-state index contributed by atoms with van der Waals surface area (Å²) in [6, 6.07) is 0. The van der Waals surface area contributed by atoms with Gasteiger partial charge in [-0.15, -0.1) is 0 Å². The van der Waals surface area contributed by atoms with Crippen molar-refractivity contribution in [1.82, 2.24) is 0 Å². The maximum Gasteiger partial charge on any atom is 0.305 e. The fourth-order valence-corrected chi connectivity index (χ4v) is 0.220. The van der Waals surface area contributed by atoms with E-state index in [-0.39, 0.29) is 5.97 Å². The number of esters is 1. The maximum absolute atomic E-state index is 10.1. The highest BCUT2D eigenvalue weighted by atomic mass is 16.5. The van der Waals surface area contributed by atoms with Crippen LogP contribution in [-0.4, -0.2) is 13.1 Å². The number of carbonyl (C=O) groups is 1. The first-order chi connectivity index (χ1) is 3.31. The van der Waals surface area contributed by atoms with Crippen LogP contribution in [0, 0.1) is 6.92 Å². The summed E-state index contributed by atoms with van der Waals surface area (Å²) >= 11 is 0. The zero-order valence-corrected chi connectivity index (χ0v) is 4.31. The van der Waals surface area contributed by atoms with Gasteiger partial charge in [0.25, 0.3) is 0 Å². The minimum absolute atomic E-state index is 0.248. The normalized spacial score (nSPS) is 8.29. The summed E-state index contributed by atoms with van der Waals surface area (Å²) < 4.78 is 4.27. The third-order valence-corrected chi connectivity index (χ3v) is 0.576. The summed E-state index contributed by atoms with van der Waals surface area (Å²) in [5.74, 6) is -0.248. The maximum atomic E-state index is 10.1. The number of methoxy groups -OCH3 is 1. The lowest BCUT2D eigenvalue weighted by Gasteiger charge is -1.90. The van der Waals surface area contributed by atoms with Gasteiger partial charge in [0.2, 0.25) is 0 Å². The predicted octanol–water partition coefficient (Wildman–Crippen LogP) is 0.651. The molecular weight excluding hydrogens is 92.1 g/mol. The molecule has 0 saturated heterocycles. The molecule has 2 heteroatoms. The number of hydrogen-bond acceptors (Lipinski definition) is 2. The monoisotopic (exact) mass is 100 g/mol. The fourth-order valence-electron chi connectivity index (χ4n) is 0.220. The molecule has 7 heavy (non-hydrogen) atoms. The van der Waals surface area contributed by atoms with Crippen molar-refractivity contribution in [1.29, 1.82) is 0 Å². The van der Waals surface area contributed by atoms with Crippen molar-refractivity contribution in [3.05, 3.63) is 6.92 Å². The van der Waals surface area contributed by atoms with Crippen molar-refractivity contribution >= 4 is 5.97 Å². The average Bonchev–Trinajstić information content (AvgIpc) is 1.68. The molecule has 0 fully saturated rings. The molecule has 0 aliphatic rings. The summed E-state index contributed by atoms with van der Waals surface area (Å²) in [5.41, 5.74) is 0. The smallest absolute Gasteiger partial charge is 0.305 e. The highest BCUT2D eigenvalue weighted by Gasteiger charge is 1.92. The fraction of sp³-hybridized carbons (Fsp3) is 0.600. The Balaban J connectivity index is 3.00. The molecule has 2 nitrogen and oxygen atoms in total. The van der Waals surface area contributed by atoms with Gasteiger partial charge in [0.05, 0.1) is 7.11 Å². The summed E-state index contributed by atoms with van der Waals surface area (Å²) in [6.45, 7) is 5.00. The number of rotatable bonds is 2. The van der Waals surface area contributed by atoms with Crippen LogP contribution in [0.1, 0.15) is 12.8 Å². The lowest BCUT2D eigenvalue weighted by Crippen LogP contribution is -1.97. The van der Waals surface area contributed by atoms with Gasteiger partial charge in [-0.3, -0.25) is 4.79 Å². The van der Waals surface area contributed by atoms with Gasteiger partial charge in [-0.2, -0.15) is 0 Å². The van der Waals surface area contributed by atoms with Crippen molar-refractivity contribution < 1.29 is 9.53 Å². The standard InChI is InChI=1S/C5H8O2/c1-3-4-5(6)7-2/h1H,3-4H2,2H3. The molecule has 0 heterocycles. The Morgan fingerprint density at radius 3 is 2.57 bits per heavy atom. The molecule has 0 amide bonds. The van der Waals surface area contributed by atoms with Gasteiger partial charge in [-0.1, -0.05) is 0 Å². The third kappa shape index (κ3) is 3.30. The minimum atomic E-state index is -0.248. The van der Waals surface area contributed by atoms with E-state index in [0.29, 0.717) is 12.8 Å². The van der Waals surface area contributed by atoms with E-state index in [1.165, 1.54) is 7.11 Å². The van der Waals surface area contributed by atoms with Gasteiger partial charge in [0.1, 0.15) is 0 Å². The Labute approximate surface area is 43.5 Å². The first-order valence-corrected chi connectivity index (χ1v) is 2.08. The molecule has 0 aromatic carbocycles. The molecule has 0 N–H and O–H groups in total. The van der Waals surface area contributed by atoms with Crippen LogP contribution in [0.5, 0.6) is 0 Å². The van der Waals surface area contributed by atoms with Gasteiger partial charge < -0.3 is 4.74 Å². The van der Waals surface area contributed by atoms with Gasteiger partial charge in [0, 0.05) is 6.42 Å². The Kier molecular flexibility index (Phi) is 3.38. The molecule has 0 spiro atoms. The predicted molar refractivity (Wildman–Crippen MR) is 25.5 cm³/mol. The van der Waals surface area contributed by atoms with Gasteiger partial charge >= 0.3 is 5.97 Å². The van der Waals surface area contributed by atoms with E-state index >= 15 is 0 Å². The second kappa shape index (κ2) is 3.65. The average molecular weight is 100 g/mol. The van der Waals surface area contributed by atoms with Crippen molar-refractivity contribution in [3.63, 3.8) is 0 Å². The number of ether oxygens (including phenoxy) is 1. The van der Waals surface area contributed by atoms with Crippen LogP contribution >= 0.6 is 0 Å². The van der Waals surface area contributed by atoms with Crippen molar-refractivity contribution in [2.24, 2.45) is 0 Å². The molecule has 2 radical (unpaired) electrons. The summed E-state index contributed by atoms with van der Waals surface area (Å²) in [6.07, 6.45) is 0.684. The second-order valence-electron chi connectivity index (χ2n) is 1.11. The van der Waals surface area contributed by atoms with Gasteiger partial charge in [0.15, 0.2) is 0 Å². The zero-order chi connectivity index (χ0) is 5.70. The largest absolute Gasteiger partial charge is 0.469 e. The molecular formula is C5H8O2. The Morgan fingerprint density at radius 1 is 1.86 bits per heavy atom.